The molecule has 0 spiro atoms. The number of aromatic nitrogens is 1. The zero-order valence-electron chi connectivity index (χ0n) is 15.6. The minimum atomic E-state index is -3.29. The summed E-state index contributed by atoms with van der Waals surface area (Å²) in [6, 6.07) is 12.1. The van der Waals surface area contributed by atoms with Crippen LogP contribution in [0.25, 0.3) is 11.3 Å². The van der Waals surface area contributed by atoms with E-state index in [0.29, 0.717) is 22.7 Å². The second-order valence-corrected chi connectivity index (χ2v) is 10.0. The molecule has 0 atom stereocenters. The zero-order chi connectivity index (χ0) is 19.9. The molecule has 1 aromatic heterocycles. The summed E-state index contributed by atoms with van der Waals surface area (Å²) in [4.78, 5) is 17.5. The molecule has 1 saturated carbocycles. The minimum absolute atomic E-state index is 0.208. The Balaban J connectivity index is 1.48. The number of hydrogen-bond donors (Lipinski definition) is 1. The van der Waals surface area contributed by atoms with Gasteiger partial charge in [-0.15, -0.1) is 11.3 Å². The number of nitrogens with zero attached hydrogens (tertiary/aromatic N) is 1. The average molecular weight is 413 g/mol. The highest BCUT2D eigenvalue weighted by Gasteiger charge is 2.26. The molecular formula is C21H20N2O3S2. The molecule has 2 aromatic carbocycles. The molecule has 1 N–H and O–H groups in total. The molecule has 0 saturated heterocycles. The molecule has 0 aliphatic heterocycles. The van der Waals surface area contributed by atoms with Crippen LogP contribution < -0.4 is 5.32 Å². The van der Waals surface area contributed by atoms with E-state index in [2.05, 4.69) is 10.7 Å². The number of benzene rings is 2. The summed E-state index contributed by atoms with van der Waals surface area (Å²) in [5, 5.41) is 6.15. The summed E-state index contributed by atoms with van der Waals surface area (Å²) in [5.74, 6) is 0.379. The van der Waals surface area contributed by atoms with Crippen LogP contribution in [0, 0.1) is 6.92 Å². The molecule has 3 aromatic rings. The van der Waals surface area contributed by atoms with E-state index in [-0.39, 0.29) is 10.8 Å². The number of thiazole rings is 1. The van der Waals surface area contributed by atoms with Gasteiger partial charge in [0.25, 0.3) is 5.91 Å². The van der Waals surface area contributed by atoms with Crippen LogP contribution in [0.3, 0.4) is 0 Å². The SMILES string of the molecule is Cc1cc(S(C)(=O)=O)ccc1C(=O)Nc1ccc(-c2csc(C3CC3)n2)cc1. The van der Waals surface area contributed by atoms with E-state index in [1.165, 1.54) is 30.0 Å². The van der Waals surface area contributed by atoms with Gasteiger partial charge in [0.2, 0.25) is 0 Å². The predicted molar refractivity (Wildman–Crippen MR) is 112 cm³/mol. The van der Waals surface area contributed by atoms with Crippen molar-refractivity contribution in [3.63, 3.8) is 0 Å². The number of anilines is 1. The van der Waals surface area contributed by atoms with Crippen LogP contribution in [0.5, 0.6) is 0 Å². The van der Waals surface area contributed by atoms with Crippen molar-refractivity contribution < 1.29 is 13.2 Å². The van der Waals surface area contributed by atoms with E-state index in [1.54, 1.807) is 24.3 Å². The second-order valence-electron chi connectivity index (χ2n) is 7.13. The van der Waals surface area contributed by atoms with Gasteiger partial charge in [0.05, 0.1) is 15.6 Å². The number of aryl methyl sites for hydroxylation is 1. The number of sulfone groups is 1. The van der Waals surface area contributed by atoms with Gasteiger partial charge >= 0.3 is 0 Å². The zero-order valence-corrected chi connectivity index (χ0v) is 17.2. The first-order valence-electron chi connectivity index (χ1n) is 8.99. The maximum Gasteiger partial charge on any atom is 0.255 e. The molecule has 1 fully saturated rings. The Hall–Kier alpha value is -2.51. The lowest BCUT2D eigenvalue weighted by Gasteiger charge is -2.09. The molecule has 0 bridgehead atoms. The summed E-state index contributed by atoms with van der Waals surface area (Å²) < 4.78 is 23.3. The van der Waals surface area contributed by atoms with Crippen molar-refractivity contribution in [3.8, 4) is 11.3 Å². The van der Waals surface area contributed by atoms with Crippen LogP contribution in [-0.4, -0.2) is 25.6 Å². The third-order valence-corrected chi connectivity index (χ3v) is 6.88. The number of rotatable bonds is 5. The highest BCUT2D eigenvalue weighted by Crippen LogP contribution is 2.42. The van der Waals surface area contributed by atoms with E-state index in [9.17, 15) is 13.2 Å². The van der Waals surface area contributed by atoms with Crippen molar-refractivity contribution in [3.05, 3.63) is 64.0 Å². The Kier molecular flexibility index (Phi) is 4.81. The summed E-state index contributed by atoms with van der Waals surface area (Å²) in [6.07, 6.45) is 3.63. The molecule has 5 nitrogen and oxygen atoms in total. The normalized spacial score (nSPS) is 14.1. The summed E-state index contributed by atoms with van der Waals surface area (Å²) >= 11 is 1.71. The van der Waals surface area contributed by atoms with E-state index in [4.69, 9.17) is 4.98 Å². The van der Waals surface area contributed by atoms with Crippen LogP contribution in [-0.2, 0) is 9.84 Å². The maximum absolute atomic E-state index is 12.6. The predicted octanol–water partition coefficient (Wildman–Crippen LogP) is 4.65. The number of amides is 1. The van der Waals surface area contributed by atoms with Gasteiger partial charge < -0.3 is 5.32 Å². The van der Waals surface area contributed by atoms with Crippen LogP contribution in [0.4, 0.5) is 5.69 Å². The lowest BCUT2D eigenvalue weighted by molar-refractivity contribution is 0.102. The Labute approximate surface area is 168 Å². The molecule has 1 heterocycles. The van der Waals surface area contributed by atoms with Crippen LogP contribution in [0.1, 0.15) is 39.7 Å². The third-order valence-electron chi connectivity index (χ3n) is 4.76. The van der Waals surface area contributed by atoms with Gasteiger partial charge in [-0.1, -0.05) is 12.1 Å². The summed E-state index contributed by atoms with van der Waals surface area (Å²) in [7, 11) is -3.29. The topological polar surface area (TPSA) is 76.1 Å². The molecular weight excluding hydrogens is 392 g/mol. The first kappa shape index (κ1) is 18.8. The molecule has 1 amide bonds. The molecule has 1 aliphatic carbocycles. The Morgan fingerprint density at radius 2 is 1.86 bits per heavy atom. The minimum Gasteiger partial charge on any atom is -0.322 e. The lowest BCUT2D eigenvalue weighted by atomic mass is 10.1. The van der Waals surface area contributed by atoms with Crippen molar-refractivity contribution in [2.24, 2.45) is 0 Å². The van der Waals surface area contributed by atoms with Gasteiger partial charge in [0.15, 0.2) is 9.84 Å². The van der Waals surface area contributed by atoms with Crippen molar-refractivity contribution in [1.82, 2.24) is 4.98 Å². The Bertz CT molecular complexity index is 1140. The van der Waals surface area contributed by atoms with E-state index >= 15 is 0 Å². The average Bonchev–Trinajstić information content (AvgIpc) is 3.38. The van der Waals surface area contributed by atoms with E-state index in [1.807, 2.05) is 24.3 Å². The summed E-state index contributed by atoms with van der Waals surface area (Å²) in [5.41, 5.74) is 3.74. The maximum atomic E-state index is 12.6. The van der Waals surface area contributed by atoms with Gasteiger partial charge in [0, 0.05) is 34.4 Å². The van der Waals surface area contributed by atoms with Crippen molar-refractivity contribution in [2.75, 3.05) is 11.6 Å². The Morgan fingerprint density at radius 3 is 2.46 bits per heavy atom. The van der Waals surface area contributed by atoms with E-state index in [0.717, 1.165) is 17.5 Å². The van der Waals surface area contributed by atoms with Gasteiger partial charge in [0.1, 0.15) is 0 Å². The highest BCUT2D eigenvalue weighted by atomic mass is 32.2. The number of hydrogen-bond acceptors (Lipinski definition) is 5. The monoisotopic (exact) mass is 412 g/mol. The largest absolute Gasteiger partial charge is 0.322 e. The van der Waals surface area contributed by atoms with Gasteiger partial charge in [-0.25, -0.2) is 13.4 Å². The number of nitrogens with one attached hydrogen (secondary N) is 1. The van der Waals surface area contributed by atoms with Gasteiger partial charge in [-0.05, 0) is 55.7 Å². The molecule has 0 radical (unpaired) electrons. The number of carbonyl (C=O) groups is 1. The van der Waals surface area contributed by atoms with Gasteiger partial charge in [-0.2, -0.15) is 0 Å². The van der Waals surface area contributed by atoms with Crippen molar-refractivity contribution >= 4 is 32.8 Å². The fourth-order valence-corrected chi connectivity index (χ4v) is 4.69. The smallest absolute Gasteiger partial charge is 0.255 e. The van der Waals surface area contributed by atoms with Crippen LogP contribution in [0.2, 0.25) is 0 Å². The summed E-state index contributed by atoms with van der Waals surface area (Å²) in [6.45, 7) is 1.73. The molecule has 1 aliphatic rings. The van der Waals surface area contributed by atoms with Crippen LogP contribution >= 0.6 is 11.3 Å². The highest BCUT2D eigenvalue weighted by molar-refractivity contribution is 7.90. The quantitative estimate of drug-likeness (QED) is 0.662. The molecule has 4 rings (SSSR count). The molecule has 144 valence electrons. The lowest BCUT2D eigenvalue weighted by Crippen LogP contribution is -2.14. The Morgan fingerprint density at radius 1 is 1.14 bits per heavy atom. The fourth-order valence-electron chi connectivity index (χ4n) is 2.98. The molecule has 0 unspecified atom stereocenters. The van der Waals surface area contributed by atoms with Crippen LogP contribution in [0.15, 0.2) is 52.7 Å². The third kappa shape index (κ3) is 4.00. The molecule has 7 heteroatoms. The van der Waals surface area contributed by atoms with Crippen molar-refractivity contribution in [2.45, 2.75) is 30.6 Å². The first-order valence-corrected chi connectivity index (χ1v) is 11.8. The van der Waals surface area contributed by atoms with E-state index < -0.39 is 9.84 Å². The van der Waals surface area contributed by atoms with Gasteiger partial charge in [-0.3, -0.25) is 4.79 Å². The fraction of sp³-hybridized carbons (Fsp3) is 0.238. The number of carbonyl (C=O) groups excluding carboxylic acids is 1. The molecule has 28 heavy (non-hydrogen) atoms. The first-order chi connectivity index (χ1) is 13.3. The standard InChI is InChI=1S/C21H20N2O3S2/c1-13-11-17(28(2,25)26)9-10-18(13)20(24)22-16-7-5-14(6-8-16)19-12-27-21(23-19)15-3-4-15/h5-12,15H,3-4H2,1-2H3,(H,22,24). The second kappa shape index (κ2) is 7.14. The van der Waals surface area contributed by atoms with Crippen molar-refractivity contribution in [1.29, 1.82) is 0 Å².